The van der Waals surface area contributed by atoms with E-state index >= 15 is 0 Å². The van der Waals surface area contributed by atoms with E-state index in [-0.39, 0.29) is 18.0 Å². The van der Waals surface area contributed by atoms with Crippen molar-refractivity contribution in [2.75, 3.05) is 18.2 Å². The summed E-state index contributed by atoms with van der Waals surface area (Å²) in [6.45, 7) is 2.79. The molecule has 4 nitrogen and oxygen atoms in total. The van der Waals surface area contributed by atoms with Gasteiger partial charge in [0.1, 0.15) is 11.6 Å². The molecule has 22 heavy (non-hydrogen) atoms. The Hall–Kier alpha value is -1.94. The highest BCUT2D eigenvalue weighted by atomic mass is 35.5. The summed E-state index contributed by atoms with van der Waals surface area (Å²) in [5.41, 5.74) is 3.21. The number of aryl methyl sites for hydroxylation is 1. The maximum Gasteiger partial charge on any atom is 0.229 e. The topological polar surface area (TPSA) is 38.8 Å². The molecule has 1 aliphatic carbocycles. The summed E-state index contributed by atoms with van der Waals surface area (Å²) in [6, 6.07) is 8.09. The molecular weight excluding hydrogens is 302 g/mol. The number of rotatable bonds is 5. The molecule has 0 aromatic heterocycles. The van der Waals surface area contributed by atoms with Crippen LogP contribution in [0.25, 0.3) is 0 Å². The van der Waals surface area contributed by atoms with E-state index in [2.05, 4.69) is 17.9 Å². The fraction of sp³-hybridized carbons (Fsp3) is 0.353. The number of nitrogens with zero attached hydrogens (tertiary/aromatic N) is 1. The highest BCUT2D eigenvalue weighted by Crippen LogP contribution is 2.31. The average Bonchev–Trinajstić information content (AvgIpc) is 3.17. The van der Waals surface area contributed by atoms with Crippen molar-refractivity contribution in [3.63, 3.8) is 0 Å². The van der Waals surface area contributed by atoms with Crippen LogP contribution in [-0.4, -0.2) is 24.5 Å². The van der Waals surface area contributed by atoms with Gasteiger partial charge in [-0.15, -0.1) is 11.6 Å². The number of hydrogen-bond acceptors (Lipinski definition) is 4. The zero-order valence-corrected chi connectivity index (χ0v) is 13.2. The van der Waals surface area contributed by atoms with Gasteiger partial charge in [0.25, 0.3) is 0 Å². The second-order valence-corrected chi connectivity index (χ2v) is 5.94. The first kappa shape index (κ1) is 15.0. The van der Waals surface area contributed by atoms with Crippen molar-refractivity contribution in [2.45, 2.75) is 25.1 Å². The van der Waals surface area contributed by atoms with Crippen molar-refractivity contribution in [3.05, 3.63) is 53.6 Å². The van der Waals surface area contributed by atoms with Crippen LogP contribution in [0.1, 0.15) is 18.4 Å². The summed E-state index contributed by atoms with van der Waals surface area (Å²) in [5, 5.41) is -0.335. The van der Waals surface area contributed by atoms with Crippen LogP contribution in [0, 0.1) is 6.92 Å². The molecule has 1 aromatic carbocycles. The average molecular weight is 320 g/mol. The first-order valence-corrected chi connectivity index (χ1v) is 7.74. The van der Waals surface area contributed by atoms with E-state index < -0.39 is 0 Å². The van der Waals surface area contributed by atoms with E-state index in [9.17, 15) is 4.79 Å². The van der Waals surface area contributed by atoms with Gasteiger partial charge >= 0.3 is 0 Å². The minimum absolute atomic E-state index is 0.166. The number of para-hydroxylation sites is 1. The van der Waals surface area contributed by atoms with E-state index in [0.717, 1.165) is 23.4 Å². The molecule has 1 aromatic rings. The predicted molar refractivity (Wildman–Crippen MR) is 85.6 cm³/mol. The van der Waals surface area contributed by atoms with Crippen molar-refractivity contribution < 1.29 is 14.3 Å². The van der Waals surface area contributed by atoms with Crippen LogP contribution in [0.3, 0.4) is 0 Å². The Labute approximate surface area is 135 Å². The minimum atomic E-state index is -0.335. The molecule has 3 rings (SSSR count). The number of carbonyl (C=O) groups excluding carboxylic acids is 1. The number of ketones is 1. The van der Waals surface area contributed by atoms with Gasteiger partial charge in [-0.1, -0.05) is 18.2 Å². The highest BCUT2D eigenvalue weighted by Gasteiger charge is 2.26. The van der Waals surface area contributed by atoms with Crippen LogP contribution >= 0.6 is 11.6 Å². The molecule has 2 aliphatic rings. The molecule has 1 atom stereocenters. The molecule has 0 saturated heterocycles. The number of allylic oxidation sites excluding steroid dienone is 2. The van der Waals surface area contributed by atoms with Gasteiger partial charge in [0.15, 0.2) is 11.5 Å². The SMILES string of the molecule is Cc1ccccc1N(CC(Cl)C1=COCO1)C1=CC(=O)CC1. The summed E-state index contributed by atoms with van der Waals surface area (Å²) in [7, 11) is 0. The van der Waals surface area contributed by atoms with Crippen molar-refractivity contribution >= 4 is 23.1 Å². The Morgan fingerprint density at radius 2 is 2.14 bits per heavy atom. The summed E-state index contributed by atoms with van der Waals surface area (Å²) in [6.07, 6.45) is 4.58. The third-order valence-corrected chi connectivity index (χ3v) is 4.21. The van der Waals surface area contributed by atoms with Crippen molar-refractivity contribution in [3.8, 4) is 0 Å². The molecule has 0 bridgehead atoms. The van der Waals surface area contributed by atoms with E-state index in [0.29, 0.717) is 18.7 Å². The monoisotopic (exact) mass is 319 g/mol. The van der Waals surface area contributed by atoms with Gasteiger partial charge in [-0.05, 0) is 25.0 Å². The lowest BCUT2D eigenvalue weighted by molar-refractivity contribution is -0.114. The summed E-state index contributed by atoms with van der Waals surface area (Å²) >= 11 is 6.47. The molecular formula is C17H18ClNO3. The van der Waals surface area contributed by atoms with Gasteiger partial charge in [-0.3, -0.25) is 4.79 Å². The second-order valence-electron chi connectivity index (χ2n) is 5.42. The van der Waals surface area contributed by atoms with Gasteiger partial charge in [0.05, 0.1) is 0 Å². The predicted octanol–water partition coefficient (Wildman–Crippen LogP) is 3.50. The minimum Gasteiger partial charge on any atom is -0.462 e. The van der Waals surface area contributed by atoms with E-state index in [1.165, 1.54) is 0 Å². The molecule has 0 saturated carbocycles. The van der Waals surface area contributed by atoms with Crippen LogP contribution in [0.5, 0.6) is 0 Å². The first-order valence-electron chi connectivity index (χ1n) is 7.30. The molecule has 1 aliphatic heterocycles. The molecule has 0 spiro atoms. The van der Waals surface area contributed by atoms with E-state index in [1.54, 1.807) is 12.3 Å². The number of ether oxygens (including phenoxy) is 2. The zero-order valence-electron chi connectivity index (χ0n) is 12.4. The van der Waals surface area contributed by atoms with Crippen molar-refractivity contribution in [1.29, 1.82) is 0 Å². The largest absolute Gasteiger partial charge is 0.462 e. The third kappa shape index (κ3) is 3.12. The summed E-state index contributed by atoms with van der Waals surface area (Å²) in [5.74, 6) is 0.796. The summed E-state index contributed by atoms with van der Waals surface area (Å²) in [4.78, 5) is 13.7. The lowest BCUT2D eigenvalue weighted by Gasteiger charge is -2.29. The van der Waals surface area contributed by atoms with Crippen molar-refractivity contribution in [2.24, 2.45) is 0 Å². The number of benzene rings is 1. The quantitative estimate of drug-likeness (QED) is 0.779. The second kappa shape index (κ2) is 6.44. The van der Waals surface area contributed by atoms with Crippen LogP contribution < -0.4 is 4.90 Å². The number of halogens is 1. The number of anilines is 1. The maximum absolute atomic E-state index is 11.6. The number of carbonyl (C=O) groups is 1. The lowest BCUT2D eigenvalue weighted by atomic mass is 10.1. The van der Waals surface area contributed by atoms with Gasteiger partial charge in [-0.2, -0.15) is 0 Å². The van der Waals surface area contributed by atoms with Crippen LogP contribution in [0.4, 0.5) is 5.69 Å². The smallest absolute Gasteiger partial charge is 0.229 e. The van der Waals surface area contributed by atoms with Crippen LogP contribution in [-0.2, 0) is 14.3 Å². The highest BCUT2D eigenvalue weighted by molar-refractivity contribution is 6.22. The molecule has 0 N–H and O–H groups in total. The summed E-state index contributed by atoms with van der Waals surface area (Å²) < 4.78 is 10.4. The molecule has 1 heterocycles. The Balaban J connectivity index is 1.88. The Kier molecular flexibility index (Phi) is 4.39. The fourth-order valence-corrected chi connectivity index (χ4v) is 2.95. The Morgan fingerprint density at radius 1 is 1.32 bits per heavy atom. The zero-order chi connectivity index (χ0) is 15.5. The number of alkyl halides is 1. The van der Waals surface area contributed by atoms with Crippen LogP contribution in [0.2, 0.25) is 0 Å². The first-order chi connectivity index (χ1) is 10.6. The Morgan fingerprint density at radius 3 is 2.77 bits per heavy atom. The normalized spacial score (nSPS) is 18.4. The standard InChI is InChI=1S/C17H18ClNO3/c1-12-4-2-3-5-16(12)19(13-6-7-14(20)8-13)9-15(18)17-10-21-11-22-17/h2-5,8,10,15H,6-7,9,11H2,1H3. The van der Waals surface area contributed by atoms with Gasteiger partial charge < -0.3 is 14.4 Å². The van der Waals surface area contributed by atoms with Gasteiger partial charge in [0.2, 0.25) is 6.79 Å². The van der Waals surface area contributed by atoms with Crippen LogP contribution in [0.15, 0.2) is 48.1 Å². The van der Waals surface area contributed by atoms with E-state index in [1.807, 2.05) is 18.2 Å². The maximum atomic E-state index is 11.6. The number of hydrogen-bond donors (Lipinski definition) is 0. The molecule has 0 radical (unpaired) electrons. The lowest BCUT2D eigenvalue weighted by Crippen LogP contribution is -2.30. The molecule has 116 valence electrons. The fourth-order valence-electron chi connectivity index (χ4n) is 2.70. The van der Waals surface area contributed by atoms with Gasteiger partial charge in [0, 0.05) is 30.4 Å². The molecule has 0 amide bonds. The molecule has 5 heteroatoms. The van der Waals surface area contributed by atoms with E-state index in [4.69, 9.17) is 21.1 Å². The molecule has 0 fully saturated rings. The third-order valence-electron chi connectivity index (χ3n) is 3.85. The van der Waals surface area contributed by atoms with Gasteiger partial charge in [-0.25, -0.2) is 0 Å². The molecule has 1 unspecified atom stereocenters. The van der Waals surface area contributed by atoms with Crippen molar-refractivity contribution in [1.82, 2.24) is 0 Å². The Bertz CT molecular complexity index is 639.